The van der Waals surface area contributed by atoms with Crippen LogP contribution in [0.1, 0.15) is 24.2 Å². The Bertz CT molecular complexity index is 656. The summed E-state index contributed by atoms with van der Waals surface area (Å²) in [5, 5.41) is 10.5. The fraction of sp³-hybridized carbons (Fsp3) is 0.333. The van der Waals surface area contributed by atoms with Crippen molar-refractivity contribution in [1.82, 2.24) is 0 Å². The van der Waals surface area contributed by atoms with Gasteiger partial charge in [0.2, 0.25) is 0 Å². The molecule has 0 radical (unpaired) electrons. The smallest absolute Gasteiger partial charge is 0.161 e. The third-order valence-electron chi connectivity index (χ3n) is 3.31. The maximum atomic E-state index is 10.5. The molecule has 2 atom stereocenters. The fourth-order valence-electron chi connectivity index (χ4n) is 2.16. The van der Waals surface area contributed by atoms with Crippen LogP contribution < -0.4 is 9.47 Å². The highest BCUT2D eigenvalue weighted by Gasteiger charge is 2.21. The van der Waals surface area contributed by atoms with Crippen molar-refractivity contribution < 1.29 is 14.6 Å². The number of aliphatic hydroxyl groups excluding tert-OH is 1. The van der Waals surface area contributed by atoms with Gasteiger partial charge in [0.15, 0.2) is 11.5 Å². The fourth-order valence-corrected chi connectivity index (χ4v) is 3.68. The van der Waals surface area contributed by atoms with Gasteiger partial charge in [-0.15, -0.1) is 11.3 Å². The molecule has 21 heavy (non-hydrogen) atoms. The van der Waals surface area contributed by atoms with Crippen LogP contribution in [0.15, 0.2) is 24.3 Å². The number of rotatable bonds is 2. The molecule has 0 fully saturated rings. The van der Waals surface area contributed by atoms with Crippen molar-refractivity contribution >= 4 is 34.5 Å². The number of benzene rings is 1. The summed E-state index contributed by atoms with van der Waals surface area (Å²) in [7, 11) is 0. The van der Waals surface area contributed by atoms with Crippen molar-refractivity contribution in [3.63, 3.8) is 0 Å². The summed E-state index contributed by atoms with van der Waals surface area (Å²) in [4.78, 5) is 0. The standard InChI is InChI=1S/C15H14Cl2O3S/c1-8-6-19-11-3-2-9(4-12(11)20-7-8)14(18)10-5-13(16)21-15(10)17/h2-5,8,14,18H,6-7H2,1H3. The zero-order valence-electron chi connectivity index (χ0n) is 11.3. The molecule has 1 N–H and O–H groups in total. The van der Waals surface area contributed by atoms with Gasteiger partial charge in [-0.2, -0.15) is 0 Å². The molecule has 0 bridgehead atoms. The van der Waals surface area contributed by atoms with Crippen LogP contribution in [0.4, 0.5) is 0 Å². The molecular formula is C15H14Cl2O3S. The number of hydrogen-bond donors (Lipinski definition) is 1. The van der Waals surface area contributed by atoms with Crippen LogP contribution >= 0.6 is 34.5 Å². The molecule has 2 aromatic rings. The second-order valence-corrected chi connectivity index (χ2v) is 7.40. The predicted octanol–water partition coefficient (Wildman–Crippen LogP) is 4.54. The Morgan fingerprint density at radius 3 is 2.57 bits per heavy atom. The Morgan fingerprint density at radius 1 is 1.19 bits per heavy atom. The zero-order chi connectivity index (χ0) is 15.0. The minimum atomic E-state index is -0.837. The molecule has 3 rings (SSSR count). The average molecular weight is 345 g/mol. The van der Waals surface area contributed by atoms with Gasteiger partial charge >= 0.3 is 0 Å². The third-order valence-corrected chi connectivity index (χ3v) is 4.83. The topological polar surface area (TPSA) is 38.7 Å². The van der Waals surface area contributed by atoms with Gasteiger partial charge in [0.25, 0.3) is 0 Å². The quantitative estimate of drug-likeness (QED) is 0.868. The van der Waals surface area contributed by atoms with Crippen molar-refractivity contribution in [1.29, 1.82) is 0 Å². The molecule has 3 nitrogen and oxygen atoms in total. The van der Waals surface area contributed by atoms with Gasteiger partial charge in [0.1, 0.15) is 10.4 Å². The summed E-state index contributed by atoms with van der Waals surface area (Å²) in [5.74, 6) is 1.67. The highest BCUT2D eigenvalue weighted by molar-refractivity contribution is 7.20. The minimum Gasteiger partial charge on any atom is -0.489 e. The Morgan fingerprint density at radius 2 is 1.90 bits per heavy atom. The number of fused-ring (bicyclic) bond motifs is 1. The van der Waals surface area contributed by atoms with E-state index < -0.39 is 6.10 Å². The van der Waals surface area contributed by atoms with Crippen LogP contribution in [0, 0.1) is 5.92 Å². The second-order valence-electron chi connectivity index (χ2n) is 5.12. The van der Waals surface area contributed by atoms with E-state index in [2.05, 4.69) is 6.92 Å². The Kier molecular flexibility index (Phi) is 4.31. The first-order valence-corrected chi connectivity index (χ1v) is 8.14. The van der Waals surface area contributed by atoms with Crippen molar-refractivity contribution in [2.75, 3.05) is 13.2 Å². The molecule has 0 saturated carbocycles. The van der Waals surface area contributed by atoms with Crippen LogP contribution in [0.3, 0.4) is 0 Å². The highest BCUT2D eigenvalue weighted by Crippen LogP contribution is 2.40. The lowest BCUT2D eigenvalue weighted by Crippen LogP contribution is -2.12. The maximum absolute atomic E-state index is 10.5. The summed E-state index contributed by atoms with van der Waals surface area (Å²) in [6, 6.07) is 7.10. The molecule has 1 aromatic carbocycles. The number of ether oxygens (including phenoxy) is 2. The van der Waals surface area contributed by atoms with Crippen molar-refractivity contribution in [2.24, 2.45) is 5.92 Å². The predicted molar refractivity (Wildman–Crippen MR) is 85.0 cm³/mol. The van der Waals surface area contributed by atoms with Gasteiger partial charge in [-0.1, -0.05) is 36.2 Å². The number of aliphatic hydroxyl groups is 1. The first kappa shape index (κ1) is 15.0. The lowest BCUT2D eigenvalue weighted by Gasteiger charge is -2.13. The van der Waals surface area contributed by atoms with E-state index in [0.717, 1.165) is 0 Å². The zero-order valence-corrected chi connectivity index (χ0v) is 13.6. The van der Waals surface area contributed by atoms with Gasteiger partial charge in [0.05, 0.1) is 17.6 Å². The Labute approximate surface area is 137 Å². The molecule has 0 saturated heterocycles. The van der Waals surface area contributed by atoms with Crippen molar-refractivity contribution in [3.05, 3.63) is 44.1 Å². The van der Waals surface area contributed by atoms with Gasteiger partial charge in [-0.05, 0) is 23.8 Å². The number of hydrogen-bond acceptors (Lipinski definition) is 4. The van der Waals surface area contributed by atoms with Crippen LogP contribution in [-0.2, 0) is 0 Å². The van der Waals surface area contributed by atoms with E-state index in [1.165, 1.54) is 11.3 Å². The van der Waals surface area contributed by atoms with Crippen molar-refractivity contribution in [2.45, 2.75) is 13.0 Å². The molecule has 1 aliphatic rings. The molecule has 2 heterocycles. The van der Waals surface area contributed by atoms with Crippen LogP contribution in [0.2, 0.25) is 8.67 Å². The third kappa shape index (κ3) is 3.14. The molecule has 1 aliphatic heterocycles. The highest BCUT2D eigenvalue weighted by atomic mass is 35.5. The number of thiophene rings is 1. The molecule has 0 amide bonds. The maximum Gasteiger partial charge on any atom is 0.161 e. The monoisotopic (exact) mass is 344 g/mol. The lowest BCUT2D eigenvalue weighted by atomic mass is 10.0. The summed E-state index contributed by atoms with van der Waals surface area (Å²) >= 11 is 13.3. The molecule has 0 aliphatic carbocycles. The van der Waals surface area contributed by atoms with Crippen LogP contribution in [0.5, 0.6) is 11.5 Å². The van der Waals surface area contributed by atoms with Crippen molar-refractivity contribution in [3.8, 4) is 11.5 Å². The van der Waals surface area contributed by atoms with Gasteiger partial charge in [-0.25, -0.2) is 0 Å². The van der Waals surface area contributed by atoms with E-state index in [1.807, 2.05) is 12.1 Å². The van der Waals surface area contributed by atoms with E-state index in [1.54, 1.807) is 12.1 Å². The molecule has 0 spiro atoms. The Balaban J connectivity index is 1.91. The van der Waals surface area contributed by atoms with Crippen LogP contribution in [0.25, 0.3) is 0 Å². The summed E-state index contributed by atoms with van der Waals surface area (Å²) in [5.41, 5.74) is 1.30. The minimum absolute atomic E-state index is 0.330. The molecule has 2 unspecified atom stereocenters. The molecular weight excluding hydrogens is 331 g/mol. The molecule has 6 heteroatoms. The first-order valence-electron chi connectivity index (χ1n) is 6.57. The first-order chi connectivity index (χ1) is 10.0. The molecule has 1 aromatic heterocycles. The lowest BCUT2D eigenvalue weighted by molar-refractivity contribution is 0.219. The van der Waals surface area contributed by atoms with E-state index in [-0.39, 0.29) is 0 Å². The average Bonchev–Trinajstić information content (AvgIpc) is 2.69. The molecule has 112 valence electrons. The van der Waals surface area contributed by atoms with E-state index in [4.69, 9.17) is 32.7 Å². The van der Waals surface area contributed by atoms with E-state index >= 15 is 0 Å². The SMILES string of the molecule is CC1COc2ccc(C(O)c3cc(Cl)sc3Cl)cc2OC1. The summed E-state index contributed by atoms with van der Waals surface area (Å²) in [6.07, 6.45) is -0.837. The van der Waals surface area contributed by atoms with Gasteiger partial charge in [-0.3, -0.25) is 0 Å². The summed E-state index contributed by atoms with van der Waals surface area (Å²) in [6.45, 7) is 3.28. The largest absolute Gasteiger partial charge is 0.489 e. The van der Waals surface area contributed by atoms with Crippen LogP contribution in [-0.4, -0.2) is 18.3 Å². The van der Waals surface area contributed by atoms with E-state index in [9.17, 15) is 5.11 Å². The Hall–Kier alpha value is -0.940. The summed E-state index contributed by atoms with van der Waals surface area (Å²) < 4.78 is 12.5. The van der Waals surface area contributed by atoms with Gasteiger partial charge < -0.3 is 14.6 Å². The van der Waals surface area contributed by atoms with E-state index in [0.29, 0.717) is 50.4 Å². The second kappa shape index (κ2) is 6.05. The number of halogens is 2. The normalized spacial score (nSPS) is 19.1. The van der Waals surface area contributed by atoms with Gasteiger partial charge in [0, 0.05) is 11.5 Å².